The van der Waals surface area contributed by atoms with Crippen LogP contribution in [0.2, 0.25) is 0 Å². The van der Waals surface area contributed by atoms with Gasteiger partial charge in [0.05, 0.1) is 30.5 Å². The fourth-order valence-electron chi connectivity index (χ4n) is 13.0. The molecule has 21 atom stereocenters. The lowest BCUT2D eigenvalue weighted by molar-refractivity contribution is -0.369. The van der Waals surface area contributed by atoms with Gasteiger partial charge in [-0.1, -0.05) is 37.1 Å². The predicted octanol–water partition coefficient (Wildman–Crippen LogP) is 2.69. The average molecular weight is 859 g/mol. The average Bonchev–Trinajstić information content (AvgIpc) is 3.57. The summed E-state index contributed by atoms with van der Waals surface area (Å²) in [6, 6.07) is 5.27. The van der Waals surface area contributed by atoms with Crippen LogP contribution in [-0.2, 0) is 28.4 Å². The second kappa shape index (κ2) is 17.5. The van der Waals surface area contributed by atoms with E-state index in [-0.39, 0.29) is 64.6 Å². The van der Waals surface area contributed by atoms with Crippen molar-refractivity contribution < 1.29 is 74.1 Å². The van der Waals surface area contributed by atoms with E-state index < -0.39 is 80.3 Å². The number of fused-ring (bicyclic) bond motifs is 7. The maximum Gasteiger partial charge on any atom is 0.338 e. The molecule has 3 heterocycles. The van der Waals surface area contributed by atoms with Crippen LogP contribution in [0.3, 0.4) is 0 Å². The molecule has 0 aromatic heterocycles. The monoisotopic (exact) mass is 858 g/mol. The minimum absolute atomic E-state index is 0.0611. The van der Waals surface area contributed by atoms with E-state index in [9.17, 15) is 45.6 Å². The van der Waals surface area contributed by atoms with Crippen LogP contribution in [0.4, 0.5) is 0 Å². The quantitative estimate of drug-likeness (QED) is 0.132. The lowest BCUT2D eigenvalue weighted by Crippen LogP contribution is -2.65. The van der Waals surface area contributed by atoms with E-state index in [1.165, 1.54) is 36.8 Å². The third-order valence-electron chi connectivity index (χ3n) is 16.1. The summed E-state index contributed by atoms with van der Waals surface area (Å²) in [6.07, 6.45) is -5.77. The molecule has 15 heteroatoms. The molecule has 3 aliphatic heterocycles. The van der Waals surface area contributed by atoms with Gasteiger partial charge in [-0.05, 0) is 125 Å². The van der Waals surface area contributed by atoms with Crippen molar-refractivity contribution in [3.63, 3.8) is 0 Å². The van der Waals surface area contributed by atoms with Crippen molar-refractivity contribution in [3.8, 4) is 5.75 Å². The van der Waals surface area contributed by atoms with Gasteiger partial charge in [-0.25, -0.2) is 4.79 Å². The van der Waals surface area contributed by atoms with Gasteiger partial charge in [0.15, 0.2) is 25.0 Å². The fraction of sp³-hybridized carbons (Fsp3) is 0.761. The standard InChI is InChI=1S/C46H66O15/c1-21(2)16-29-22(3)34-32(58-42(29)55)18-31-28-11-8-25-17-27(12-14-45(25,5)30(28)13-15-46(31,34)20-48)57-44-40(37(52)36(51)33(19-47)59-44)61-43-38(53)39(35(50)23(4)56-43)60-41(54)24-6-9-26(49)10-7-24/h6-10,16,22-23,27-40,42-44,47-53,55H,11-15,17-20H2,1-5H3/t22-,23+,27+,28-,29-,30+,31+,32+,33-,34+,35+,36-,37+,38-,39-,40-,42-,43-,44+,45+,46-/m1/s1. The number of esters is 1. The van der Waals surface area contributed by atoms with Crippen LogP contribution < -0.4 is 0 Å². The van der Waals surface area contributed by atoms with Crippen molar-refractivity contribution in [1.29, 1.82) is 0 Å². The summed E-state index contributed by atoms with van der Waals surface area (Å²) in [7, 11) is 0. The maximum absolute atomic E-state index is 13.0. The van der Waals surface area contributed by atoms with E-state index in [0.29, 0.717) is 24.7 Å². The van der Waals surface area contributed by atoms with Gasteiger partial charge in [0.1, 0.15) is 42.4 Å². The summed E-state index contributed by atoms with van der Waals surface area (Å²) in [5.74, 6) is 0.237. The molecule has 0 bridgehead atoms. The molecule has 6 fully saturated rings. The summed E-state index contributed by atoms with van der Waals surface area (Å²) in [5, 5.41) is 86.7. The summed E-state index contributed by atoms with van der Waals surface area (Å²) in [4.78, 5) is 13.0. The fourth-order valence-corrected chi connectivity index (χ4v) is 13.0. The number of benzene rings is 1. The summed E-state index contributed by atoms with van der Waals surface area (Å²) in [5.41, 5.74) is 2.09. The van der Waals surface area contributed by atoms with Gasteiger partial charge in [0.25, 0.3) is 0 Å². The van der Waals surface area contributed by atoms with Crippen molar-refractivity contribution in [3.05, 3.63) is 53.1 Å². The van der Waals surface area contributed by atoms with Gasteiger partial charge in [-0.15, -0.1) is 0 Å². The molecule has 0 unspecified atom stereocenters. The first-order valence-corrected chi connectivity index (χ1v) is 22.2. The van der Waals surface area contributed by atoms with E-state index in [1.54, 1.807) is 0 Å². The Kier molecular flexibility index (Phi) is 12.9. The SMILES string of the molecule is CC(C)=C[C@@H]1[C@@H](C)[C@H]2[C@H](C[C@H]3[C@@H]4CC=C5C[C@@H](O[C@H]6O[C@H](CO)[C@@H](O)[C@H](O)[C@H]6O[C@H]6O[C@@H](C)[C@H](O)[C@@H](OC(=O)c7ccc(O)cc7)[C@H]6O)CC[C@]5(C)[C@H]4CC[C@]23CO)O[C@H]1O. The van der Waals surface area contributed by atoms with E-state index >= 15 is 0 Å². The largest absolute Gasteiger partial charge is 0.508 e. The Hall–Kier alpha value is -2.51. The highest BCUT2D eigenvalue weighted by atomic mass is 16.8. The third kappa shape index (κ3) is 7.92. The number of allylic oxidation sites excluding steroid dienone is 2. The molecule has 0 amide bonds. The number of aliphatic hydroxyl groups is 7. The first kappa shape index (κ1) is 45.1. The molecular weight excluding hydrogens is 792 g/mol. The number of hydrogen-bond acceptors (Lipinski definition) is 15. The second-order valence-electron chi connectivity index (χ2n) is 19.6. The van der Waals surface area contributed by atoms with Gasteiger partial charge in [0, 0.05) is 17.9 Å². The molecule has 8 N–H and O–H groups in total. The molecule has 3 saturated carbocycles. The minimum Gasteiger partial charge on any atom is -0.508 e. The molecule has 7 aliphatic rings. The number of aliphatic hydroxyl groups excluding tert-OH is 7. The summed E-state index contributed by atoms with van der Waals surface area (Å²) >= 11 is 0. The number of phenols is 1. The van der Waals surface area contributed by atoms with Crippen molar-refractivity contribution in [1.82, 2.24) is 0 Å². The zero-order valence-electron chi connectivity index (χ0n) is 35.7. The second-order valence-corrected chi connectivity index (χ2v) is 19.6. The topological polar surface area (TPSA) is 234 Å². The molecule has 8 rings (SSSR count). The molecule has 1 aromatic rings. The van der Waals surface area contributed by atoms with Crippen molar-refractivity contribution in [2.45, 2.75) is 159 Å². The molecular formula is C46H66O15. The van der Waals surface area contributed by atoms with Crippen LogP contribution in [0, 0.1) is 46.3 Å². The number of aromatic hydroxyl groups is 1. The van der Waals surface area contributed by atoms with Crippen LogP contribution in [0.15, 0.2) is 47.6 Å². The zero-order chi connectivity index (χ0) is 43.7. The van der Waals surface area contributed by atoms with Crippen molar-refractivity contribution in [2.24, 2.45) is 46.3 Å². The van der Waals surface area contributed by atoms with Gasteiger partial charge in [-0.2, -0.15) is 0 Å². The maximum atomic E-state index is 13.0. The third-order valence-corrected chi connectivity index (χ3v) is 16.1. The summed E-state index contributed by atoms with van der Waals surface area (Å²) < 4.78 is 36.5. The van der Waals surface area contributed by atoms with E-state index in [2.05, 4.69) is 26.0 Å². The number of carbonyl (C=O) groups is 1. The van der Waals surface area contributed by atoms with Crippen LogP contribution in [0.5, 0.6) is 5.75 Å². The normalized spacial score (nSPS) is 48.1. The molecule has 340 valence electrons. The van der Waals surface area contributed by atoms with Crippen LogP contribution in [0.1, 0.15) is 89.9 Å². The highest BCUT2D eigenvalue weighted by molar-refractivity contribution is 5.89. The smallest absolute Gasteiger partial charge is 0.338 e. The van der Waals surface area contributed by atoms with Crippen molar-refractivity contribution in [2.75, 3.05) is 13.2 Å². The van der Waals surface area contributed by atoms with Crippen LogP contribution in [-0.4, -0.2) is 140 Å². The molecule has 61 heavy (non-hydrogen) atoms. The number of carbonyl (C=O) groups excluding carboxylic acids is 1. The molecule has 0 radical (unpaired) electrons. The lowest BCUT2D eigenvalue weighted by Gasteiger charge is -2.59. The molecule has 15 nitrogen and oxygen atoms in total. The van der Waals surface area contributed by atoms with Crippen LogP contribution >= 0.6 is 0 Å². The Balaban J connectivity index is 0.975. The van der Waals surface area contributed by atoms with Crippen molar-refractivity contribution >= 4 is 5.97 Å². The lowest BCUT2D eigenvalue weighted by atomic mass is 9.46. The highest BCUT2D eigenvalue weighted by Gasteiger charge is 2.66. The highest BCUT2D eigenvalue weighted by Crippen LogP contribution is 2.69. The predicted molar refractivity (Wildman–Crippen MR) is 216 cm³/mol. The zero-order valence-corrected chi connectivity index (χ0v) is 35.7. The van der Waals surface area contributed by atoms with Gasteiger partial charge in [-0.3, -0.25) is 0 Å². The van der Waals surface area contributed by atoms with Crippen LogP contribution in [0.25, 0.3) is 0 Å². The van der Waals surface area contributed by atoms with E-state index in [1.807, 2.05) is 13.8 Å². The Bertz CT molecular complexity index is 1780. The molecule has 3 saturated heterocycles. The number of hydrogen-bond donors (Lipinski definition) is 8. The Morgan fingerprint density at radius 2 is 1.61 bits per heavy atom. The molecule has 1 aromatic carbocycles. The number of phenolic OH excluding ortho intramolecular Hbond substituents is 1. The Labute approximate surface area is 357 Å². The first-order chi connectivity index (χ1) is 29.0. The van der Waals surface area contributed by atoms with Gasteiger partial charge in [0.2, 0.25) is 0 Å². The molecule has 0 spiro atoms. The molecule has 4 aliphatic carbocycles. The number of rotatable bonds is 9. The van der Waals surface area contributed by atoms with Gasteiger partial charge >= 0.3 is 5.97 Å². The Morgan fingerprint density at radius 1 is 0.869 bits per heavy atom. The Morgan fingerprint density at radius 3 is 2.30 bits per heavy atom. The van der Waals surface area contributed by atoms with Gasteiger partial charge < -0.3 is 69.3 Å². The first-order valence-electron chi connectivity index (χ1n) is 22.2. The minimum atomic E-state index is -1.74. The number of ether oxygens (including phenoxy) is 6. The summed E-state index contributed by atoms with van der Waals surface area (Å²) in [6.45, 7) is 9.65. The van der Waals surface area contributed by atoms with E-state index in [0.717, 1.165) is 37.7 Å². The van der Waals surface area contributed by atoms with E-state index in [4.69, 9.17) is 28.4 Å².